The van der Waals surface area contributed by atoms with E-state index >= 15 is 0 Å². The quantitative estimate of drug-likeness (QED) is 0.871. The van der Waals surface area contributed by atoms with Gasteiger partial charge < -0.3 is 5.73 Å². The summed E-state index contributed by atoms with van der Waals surface area (Å²) in [6.07, 6.45) is 2.27. The molecule has 112 valence electrons. The molecule has 0 aromatic heterocycles. The van der Waals surface area contributed by atoms with Crippen LogP contribution in [-0.2, 0) is 16.6 Å². The van der Waals surface area contributed by atoms with E-state index in [1.54, 1.807) is 6.07 Å². The molecular formula is C14H22N2O2S2. The summed E-state index contributed by atoms with van der Waals surface area (Å²) in [6.45, 7) is 4.64. The lowest BCUT2D eigenvalue weighted by Gasteiger charge is -2.14. The Hall–Kier alpha value is -0.560. The second kappa shape index (κ2) is 6.47. The highest BCUT2D eigenvalue weighted by molar-refractivity contribution is 8.00. The van der Waals surface area contributed by atoms with Gasteiger partial charge in [0.05, 0.1) is 4.90 Å². The second-order valence-electron chi connectivity index (χ2n) is 5.24. The van der Waals surface area contributed by atoms with Crippen molar-refractivity contribution in [2.24, 2.45) is 5.73 Å². The molecule has 1 aliphatic heterocycles. The summed E-state index contributed by atoms with van der Waals surface area (Å²) in [5, 5.41) is 0.407. The van der Waals surface area contributed by atoms with E-state index in [-0.39, 0.29) is 0 Å². The van der Waals surface area contributed by atoms with Crippen molar-refractivity contribution in [3.05, 3.63) is 28.8 Å². The van der Waals surface area contributed by atoms with Crippen molar-refractivity contribution in [2.45, 2.75) is 43.4 Å². The Morgan fingerprint density at radius 2 is 2.10 bits per heavy atom. The van der Waals surface area contributed by atoms with Crippen molar-refractivity contribution < 1.29 is 8.42 Å². The number of aryl methyl sites for hydroxylation is 2. The van der Waals surface area contributed by atoms with Crippen LogP contribution in [0.15, 0.2) is 17.0 Å². The molecule has 1 saturated heterocycles. The monoisotopic (exact) mass is 314 g/mol. The molecular weight excluding hydrogens is 292 g/mol. The van der Waals surface area contributed by atoms with Gasteiger partial charge in [-0.15, -0.1) is 0 Å². The van der Waals surface area contributed by atoms with Crippen LogP contribution in [0.1, 0.15) is 29.5 Å². The Morgan fingerprint density at radius 3 is 2.70 bits per heavy atom. The zero-order chi connectivity index (χ0) is 14.8. The fraction of sp³-hybridized carbons (Fsp3) is 0.571. The molecule has 3 N–H and O–H groups in total. The van der Waals surface area contributed by atoms with Crippen molar-refractivity contribution in [1.29, 1.82) is 0 Å². The number of rotatable bonds is 5. The first kappa shape index (κ1) is 15.8. The molecule has 2 rings (SSSR count). The largest absolute Gasteiger partial charge is 0.326 e. The molecule has 1 fully saturated rings. The summed E-state index contributed by atoms with van der Waals surface area (Å²) in [5.74, 6) is 1.13. The van der Waals surface area contributed by atoms with Gasteiger partial charge in [0.15, 0.2) is 0 Å². The minimum absolute atomic E-state index is 0.353. The van der Waals surface area contributed by atoms with Crippen molar-refractivity contribution in [3.63, 3.8) is 0 Å². The molecule has 0 spiro atoms. The fourth-order valence-electron chi connectivity index (χ4n) is 2.47. The molecule has 1 aromatic rings. The normalized spacial score (nSPS) is 19.4. The van der Waals surface area contributed by atoms with Gasteiger partial charge in [-0.25, -0.2) is 13.1 Å². The highest BCUT2D eigenvalue weighted by atomic mass is 32.2. The predicted octanol–water partition coefficient (Wildman–Crippen LogP) is 1.94. The van der Waals surface area contributed by atoms with Crippen molar-refractivity contribution in [2.75, 3.05) is 12.3 Å². The maximum Gasteiger partial charge on any atom is 0.240 e. The van der Waals surface area contributed by atoms with Gasteiger partial charge in [-0.1, -0.05) is 6.07 Å². The molecule has 1 atom stereocenters. The van der Waals surface area contributed by atoms with Crippen molar-refractivity contribution in [1.82, 2.24) is 4.72 Å². The van der Waals surface area contributed by atoms with E-state index in [0.717, 1.165) is 28.9 Å². The summed E-state index contributed by atoms with van der Waals surface area (Å²) >= 11 is 1.85. The van der Waals surface area contributed by atoms with Crippen molar-refractivity contribution >= 4 is 21.8 Å². The van der Waals surface area contributed by atoms with Crippen molar-refractivity contribution in [3.8, 4) is 0 Å². The minimum Gasteiger partial charge on any atom is -0.326 e. The predicted molar refractivity (Wildman–Crippen MR) is 84.5 cm³/mol. The van der Waals surface area contributed by atoms with Crippen LogP contribution in [0.2, 0.25) is 0 Å². The van der Waals surface area contributed by atoms with Crippen LogP contribution in [0.3, 0.4) is 0 Å². The molecule has 20 heavy (non-hydrogen) atoms. The molecule has 1 heterocycles. The maximum atomic E-state index is 12.4. The molecule has 6 heteroatoms. The summed E-state index contributed by atoms with van der Waals surface area (Å²) in [5.41, 5.74) is 8.36. The van der Waals surface area contributed by atoms with Gasteiger partial charge in [-0.3, -0.25) is 0 Å². The summed E-state index contributed by atoms with van der Waals surface area (Å²) in [4.78, 5) is 0.353. The molecule has 1 aromatic carbocycles. The van der Waals surface area contributed by atoms with Crippen LogP contribution in [0, 0.1) is 13.8 Å². The average molecular weight is 314 g/mol. The minimum atomic E-state index is -3.45. The van der Waals surface area contributed by atoms with Gasteiger partial charge in [0.1, 0.15) is 0 Å². The van der Waals surface area contributed by atoms with E-state index in [2.05, 4.69) is 4.72 Å². The van der Waals surface area contributed by atoms with Crippen LogP contribution in [0.25, 0.3) is 0 Å². The lowest BCUT2D eigenvalue weighted by Crippen LogP contribution is -2.30. The highest BCUT2D eigenvalue weighted by Gasteiger charge is 2.22. The summed E-state index contributed by atoms with van der Waals surface area (Å²) in [7, 11) is -3.45. The molecule has 1 aliphatic rings. The lowest BCUT2D eigenvalue weighted by molar-refractivity contribution is 0.578. The molecule has 1 unspecified atom stereocenters. The van der Waals surface area contributed by atoms with Gasteiger partial charge in [-0.2, -0.15) is 11.8 Å². The molecule has 0 radical (unpaired) electrons. The van der Waals surface area contributed by atoms with E-state index in [4.69, 9.17) is 5.73 Å². The zero-order valence-corrected chi connectivity index (χ0v) is 13.6. The zero-order valence-electron chi connectivity index (χ0n) is 12.0. The van der Waals surface area contributed by atoms with Crippen LogP contribution in [-0.4, -0.2) is 26.0 Å². The van der Waals surface area contributed by atoms with Gasteiger partial charge >= 0.3 is 0 Å². The van der Waals surface area contributed by atoms with E-state index in [9.17, 15) is 8.42 Å². The SMILES string of the molecule is Cc1cc(C)c(S(=O)(=O)NCC2CCCS2)cc1CN. The molecule has 0 bridgehead atoms. The third-order valence-corrected chi connectivity index (χ3v) is 6.63. The third kappa shape index (κ3) is 3.55. The first-order valence-corrected chi connectivity index (χ1v) is 9.38. The Bertz CT molecular complexity index is 579. The third-order valence-electron chi connectivity index (χ3n) is 3.67. The van der Waals surface area contributed by atoms with E-state index < -0.39 is 10.0 Å². The number of nitrogens with one attached hydrogen (secondary N) is 1. The van der Waals surface area contributed by atoms with Gasteiger partial charge in [-0.05, 0) is 55.2 Å². The van der Waals surface area contributed by atoms with Crippen LogP contribution in [0.5, 0.6) is 0 Å². The standard InChI is InChI=1S/C14H22N2O2S2/c1-10-6-11(2)14(7-12(10)8-15)20(17,18)16-9-13-4-3-5-19-13/h6-7,13,16H,3-5,8-9,15H2,1-2H3. The molecule has 4 nitrogen and oxygen atoms in total. The lowest BCUT2D eigenvalue weighted by atomic mass is 10.1. The fourth-order valence-corrected chi connectivity index (χ4v) is 5.13. The number of thioether (sulfide) groups is 1. The number of nitrogens with two attached hydrogens (primary N) is 1. The highest BCUT2D eigenvalue weighted by Crippen LogP contribution is 2.26. The first-order chi connectivity index (χ1) is 9.44. The number of hydrogen-bond acceptors (Lipinski definition) is 4. The first-order valence-electron chi connectivity index (χ1n) is 6.85. The summed E-state index contributed by atoms with van der Waals surface area (Å²) < 4.78 is 27.6. The Balaban J connectivity index is 2.19. The van der Waals surface area contributed by atoms with Gasteiger partial charge in [0, 0.05) is 18.3 Å². The van der Waals surface area contributed by atoms with Gasteiger partial charge in [0.2, 0.25) is 10.0 Å². The maximum absolute atomic E-state index is 12.4. The van der Waals surface area contributed by atoms with Crippen LogP contribution in [0.4, 0.5) is 0 Å². The van der Waals surface area contributed by atoms with Gasteiger partial charge in [0.25, 0.3) is 0 Å². The van der Waals surface area contributed by atoms with E-state index in [1.807, 2.05) is 31.7 Å². The Kier molecular flexibility index (Phi) is 5.12. The van der Waals surface area contributed by atoms with Crippen LogP contribution >= 0.6 is 11.8 Å². The number of benzene rings is 1. The average Bonchev–Trinajstić information content (AvgIpc) is 2.89. The molecule has 0 aliphatic carbocycles. The summed E-state index contributed by atoms with van der Waals surface area (Å²) in [6, 6.07) is 3.59. The Morgan fingerprint density at radius 1 is 1.35 bits per heavy atom. The smallest absolute Gasteiger partial charge is 0.240 e. The molecule has 0 saturated carbocycles. The number of hydrogen-bond donors (Lipinski definition) is 2. The second-order valence-corrected chi connectivity index (χ2v) is 8.38. The molecule has 0 amide bonds. The van der Waals surface area contributed by atoms with Crippen LogP contribution < -0.4 is 10.5 Å². The Labute approximate surface area is 125 Å². The van der Waals surface area contributed by atoms with E-state index in [0.29, 0.717) is 23.2 Å². The topological polar surface area (TPSA) is 72.2 Å². The number of sulfonamides is 1. The van der Waals surface area contributed by atoms with E-state index in [1.165, 1.54) is 6.42 Å².